The molecule has 1 aliphatic carbocycles. The van der Waals surface area contributed by atoms with Gasteiger partial charge in [-0.25, -0.2) is 0 Å². The normalized spacial score (nSPS) is 22.9. The SMILES string of the molecule is Cc1cc(NC(=O)C2CCC(C(C)(C)C)CC2)cnc1C. The van der Waals surface area contributed by atoms with Crippen LogP contribution < -0.4 is 5.32 Å². The zero-order valence-corrected chi connectivity index (χ0v) is 14.0. The lowest BCUT2D eigenvalue weighted by molar-refractivity contribution is -0.121. The fourth-order valence-electron chi connectivity index (χ4n) is 3.18. The predicted octanol–water partition coefficient (Wildman–Crippen LogP) is 4.49. The van der Waals surface area contributed by atoms with Gasteiger partial charge in [0.05, 0.1) is 11.9 Å². The number of carbonyl (C=O) groups excluding carboxylic acids is 1. The maximum Gasteiger partial charge on any atom is 0.227 e. The number of aromatic nitrogens is 1. The number of aryl methyl sites for hydroxylation is 2. The maximum atomic E-state index is 12.4. The van der Waals surface area contributed by atoms with Gasteiger partial charge in [-0.3, -0.25) is 9.78 Å². The van der Waals surface area contributed by atoms with Gasteiger partial charge in [0, 0.05) is 11.6 Å². The van der Waals surface area contributed by atoms with Crippen LogP contribution in [-0.4, -0.2) is 10.9 Å². The minimum Gasteiger partial charge on any atom is -0.324 e. The lowest BCUT2D eigenvalue weighted by atomic mass is 9.69. The molecule has 1 fully saturated rings. The molecule has 0 spiro atoms. The molecule has 1 aromatic heterocycles. The van der Waals surface area contributed by atoms with Crippen molar-refractivity contribution >= 4 is 11.6 Å². The van der Waals surface area contributed by atoms with Gasteiger partial charge in [0.25, 0.3) is 0 Å². The number of rotatable bonds is 2. The van der Waals surface area contributed by atoms with Crippen LogP contribution in [0.2, 0.25) is 0 Å². The first-order valence-corrected chi connectivity index (χ1v) is 8.01. The Morgan fingerprint density at radius 3 is 2.33 bits per heavy atom. The van der Waals surface area contributed by atoms with E-state index in [1.54, 1.807) is 6.20 Å². The van der Waals surface area contributed by atoms with Crippen LogP contribution in [0, 0.1) is 31.1 Å². The van der Waals surface area contributed by atoms with E-state index < -0.39 is 0 Å². The number of carbonyl (C=O) groups is 1. The summed E-state index contributed by atoms with van der Waals surface area (Å²) in [5.41, 5.74) is 3.31. The first kappa shape index (κ1) is 16.0. The molecule has 1 aromatic rings. The second-order valence-corrected chi connectivity index (χ2v) is 7.53. The second kappa shape index (κ2) is 6.17. The molecule has 1 amide bonds. The molecule has 2 rings (SSSR count). The van der Waals surface area contributed by atoms with Gasteiger partial charge >= 0.3 is 0 Å². The minimum atomic E-state index is 0.158. The van der Waals surface area contributed by atoms with Gasteiger partial charge in [-0.15, -0.1) is 0 Å². The van der Waals surface area contributed by atoms with Gasteiger partial charge in [0.2, 0.25) is 5.91 Å². The van der Waals surface area contributed by atoms with E-state index in [0.717, 1.165) is 48.5 Å². The van der Waals surface area contributed by atoms with Crippen molar-refractivity contribution < 1.29 is 4.79 Å². The summed E-state index contributed by atoms with van der Waals surface area (Å²) >= 11 is 0. The van der Waals surface area contributed by atoms with Gasteiger partial charge in [0.15, 0.2) is 0 Å². The average Bonchev–Trinajstić information content (AvgIpc) is 2.42. The first-order valence-electron chi connectivity index (χ1n) is 8.01. The van der Waals surface area contributed by atoms with Crippen LogP contribution in [0.15, 0.2) is 12.3 Å². The molecule has 3 heteroatoms. The van der Waals surface area contributed by atoms with Crippen LogP contribution in [0.25, 0.3) is 0 Å². The number of nitrogens with one attached hydrogen (secondary N) is 1. The molecule has 1 N–H and O–H groups in total. The Morgan fingerprint density at radius 1 is 1.19 bits per heavy atom. The summed E-state index contributed by atoms with van der Waals surface area (Å²) in [6.07, 6.45) is 6.08. The van der Waals surface area contributed by atoms with Crippen molar-refractivity contribution in [1.29, 1.82) is 0 Å². The summed E-state index contributed by atoms with van der Waals surface area (Å²) in [4.78, 5) is 16.7. The Labute approximate surface area is 128 Å². The van der Waals surface area contributed by atoms with E-state index in [4.69, 9.17) is 0 Å². The lowest BCUT2D eigenvalue weighted by Crippen LogP contribution is -2.31. The number of amides is 1. The fourth-order valence-corrected chi connectivity index (χ4v) is 3.18. The number of nitrogens with zero attached hydrogens (tertiary/aromatic N) is 1. The number of hydrogen-bond donors (Lipinski definition) is 1. The third-order valence-electron chi connectivity index (χ3n) is 4.93. The van der Waals surface area contributed by atoms with Crippen molar-refractivity contribution in [2.75, 3.05) is 5.32 Å². The molecule has 21 heavy (non-hydrogen) atoms. The van der Waals surface area contributed by atoms with Gasteiger partial charge in [-0.05, 0) is 62.5 Å². The van der Waals surface area contributed by atoms with Crippen LogP contribution in [0.5, 0.6) is 0 Å². The molecule has 1 saturated carbocycles. The molecule has 0 aliphatic heterocycles. The maximum absolute atomic E-state index is 12.4. The molecule has 1 aliphatic rings. The molecule has 0 radical (unpaired) electrons. The van der Waals surface area contributed by atoms with E-state index >= 15 is 0 Å². The zero-order valence-electron chi connectivity index (χ0n) is 14.0. The minimum absolute atomic E-state index is 0.158. The fraction of sp³-hybridized carbons (Fsp3) is 0.667. The van der Waals surface area contributed by atoms with E-state index in [9.17, 15) is 4.79 Å². The van der Waals surface area contributed by atoms with Crippen molar-refractivity contribution in [3.63, 3.8) is 0 Å². The third kappa shape index (κ3) is 4.05. The molecule has 1 heterocycles. The van der Waals surface area contributed by atoms with E-state index in [0.29, 0.717) is 5.41 Å². The largest absolute Gasteiger partial charge is 0.324 e. The van der Waals surface area contributed by atoms with E-state index in [1.165, 1.54) is 0 Å². The molecule has 3 nitrogen and oxygen atoms in total. The summed E-state index contributed by atoms with van der Waals surface area (Å²) < 4.78 is 0. The Balaban J connectivity index is 1.92. The number of hydrogen-bond acceptors (Lipinski definition) is 2. The summed E-state index contributed by atoms with van der Waals surface area (Å²) in [7, 11) is 0. The number of pyridine rings is 1. The zero-order chi connectivity index (χ0) is 15.6. The molecule has 0 atom stereocenters. The third-order valence-corrected chi connectivity index (χ3v) is 4.93. The Hall–Kier alpha value is -1.38. The summed E-state index contributed by atoms with van der Waals surface area (Å²) in [6.45, 7) is 10.9. The quantitative estimate of drug-likeness (QED) is 0.871. The molecule has 0 bridgehead atoms. The van der Waals surface area contributed by atoms with Crippen molar-refractivity contribution in [1.82, 2.24) is 4.98 Å². The molecule has 0 aromatic carbocycles. The first-order chi connectivity index (χ1) is 9.77. The van der Waals surface area contributed by atoms with E-state index in [-0.39, 0.29) is 11.8 Å². The highest BCUT2D eigenvalue weighted by molar-refractivity contribution is 5.92. The van der Waals surface area contributed by atoms with Crippen LogP contribution in [-0.2, 0) is 4.79 Å². The molecule has 0 unspecified atom stereocenters. The van der Waals surface area contributed by atoms with Crippen LogP contribution in [0.4, 0.5) is 5.69 Å². The van der Waals surface area contributed by atoms with Gasteiger partial charge in [-0.1, -0.05) is 20.8 Å². The predicted molar refractivity (Wildman–Crippen MR) is 87.2 cm³/mol. The number of anilines is 1. The average molecular weight is 288 g/mol. The summed E-state index contributed by atoms with van der Waals surface area (Å²) in [6, 6.07) is 2.00. The van der Waals surface area contributed by atoms with E-state index in [2.05, 4.69) is 31.1 Å². The Bertz CT molecular complexity index is 508. The topological polar surface area (TPSA) is 42.0 Å². The second-order valence-electron chi connectivity index (χ2n) is 7.53. The molecular formula is C18H28N2O. The smallest absolute Gasteiger partial charge is 0.227 e. The highest BCUT2D eigenvalue weighted by Gasteiger charge is 2.32. The molecule has 116 valence electrons. The van der Waals surface area contributed by atoms with E-state index in [1.807, 2.05) is 19.9 Å². The van der Waals surface area contributed by atoms with Crippen LogP contribution in [0.3, 0.4) is 0 Å². The van der Waals surface area contributed by atoms with Crippen molar-refractivity contribution in [3.05, 3.63) is 23.5 Å². The molecular weight excluding hydrogens is 260 g/mol. The monoisotopic (exact) mass is 288 g/mol. The highest BCUT2D eigenvalue weighted by atomic mass is 16.1. The highest BCUT2D eigenvalue weighted by Crippen LogP contribution is 2.40. The van der Waals surface area contributed by atoms with Gasteiger partial charge in [0.1, 0.15) is 0 Å². The van der Waals surface area contributed by atoms with Crippen molar-refractivity contribution in [2.45, 2.75) is 60.3 Å². The Morgan fingerprint density at radius 2 is 1.81 bits per heavy atom. The standard InChI is InChI=1S/C18H28N2O/c1-12-10-16(11-19-13(12)2)20-17(21)14-6-8-15(9-7-14)18(3,4)5/h10-11,14-15H,6-9H2,1-5H3,(H,20,21). The summed E-state index contributed by atoms with van der Waals surface area (Å²) in [5.74, 6) is 1.06. The van der Waals surface area contributed by atoms with Gasteiger partial charge in [-0.2, -0.15) is 0 Å². The summed E-state index contributed by atoms with van der Waals surface area (Å²) in [5, 5.41) is 3.03. The van der Waals surface area contributed by atoms with Crippen LogP contribution >= 0.6 is 0 Å². The lowest BCUT2D eigenvalue weighted by Gasteiger charge is -2.36. The van der Waals surface area contributed by atoms with Crippen LogP contribution in [0.1, 0.15) is 57.7 Å². The Kier molecular flexibility index (Phi) is 4.70. The van der Waals surface area contributed by atoms with Crippen molar-refractivity contribution in [2.24, 2.45) is 17.3 Å². The van der Waals surface area contributed by atoms with Crippen molar-refractivity contribution in [3.8, 4) is 0 Å². The molecule has 0 saturated heterocycles. The van der Waals surface area contributed by atoms with Gasteiger partial charge < -0.3 is 5.32 Å².